The van der Waals surface area contributed by atoms with Gasteiger partial charge in [-0.05, 0) is 85.7 Å². The van der Waals surface area contributed by atoms with Crippen LogP contribution in [0.4, 0.5) is 0 Å². The summed E-state index contributed by atoms with van der Waals surface area (Å²) in [6.45, 7) is 10.2. The average Bonchev–Trinajstić information content (AvgIpc) is 2.88. The first-order valence-electron chi connectivity index (χ1n) is 12.6. The molecule has 2 heterocycles. The van der Waals surface area contributed by atoms with Crippen LogP contribution in [-0.4, -0.2) is 11.4 Å². The number of aliphatic hydroxyl groups is 1. The Morgan fingerprint density at radius 3 is 2.25 bits per heavy atom. The summed E-state index contributed by atoms with van der Waals surface area (Å²) in [6, 6.07) is 20.1. The predicted octanol–water partition coefficient (Wildman–Crippen LogP) is 6.85. The van der Waals surface area contributed by atoms with Crippen molar-refractivity contribution < 1.29 is 14.3 Å². The van der Waals surface area contributed by atoms with Crippen LogP contribution in [0.3, 0.4) is 0 Å². The summed E-state index contributed by atoms with van der Waals surface area (Å²) in [4.78, 5) is 13.6. The van der Waals surface area contributed by atoms with Crippen LogP contribution in [0.2, 0.25) is 0 Å². The van der Waals surface area contributed by atoms with Crippen LogP contribution < -0.4 is 10.4 Å². The SMILES string of the molecule is CCc1ccc2c(c1)C(C)=C(C(c1ccc(C)cc1)c1c(C)c3cc(CC)ccc3oc1=O)C(O)O2. The molecule has 1 aliphatic rings. The second-order valence-corrected chi connectivity index (χ2v) is 9.69. The number of benzene rings is 3. The Hall–Kier alpha value is -3.63. The van der Waals surface area contributed by atoms with Gasteiger partial charge in [-0.25, -0.2) is 4.79 Å². The summed E-state index contributed by atoms with van der Waals surface area (Å²) < 4.78 is 11.9. The standard InChI is InChI=1S/C32H32O4/c1-6-21-10-14-26-24(16-21)19(4)28(31(33)35-26)30(23-12-8-18(3)9-13-23)29-20(5)25-17-22(7-2)11-15-27(25)36-32(29)34/h8-17,30-31,33H,6-7H2,1-5H3. The molecule has 0 fully saturated rings. The Labute approximate surface area is 211 Å². The molecule has 4 heteroatoms. The number of hydrogen-bond acceptors (Lipinski definition) is 4. The lowest BCUT2D eigenvalue weighted by atomic mass is 9.78. The van der Waals surface area contributed by atoms with Crippen molar-refractivity contribution in [1.29, 1.82) is 0 Å². The molecule has 0 aliphatic carbocycles. The molecule has 0 saturated heterocycles. The van der Waals surface area contributed by atoms with Crippen molar-refractivity contribution in [2.24, 2.45) is 0 Å². The summed E-state index contributed by atoms with van der Waals surface area (Å²) in [5.74, 6) is 0.128. The second kappa shape index (κ2) is 9.44. The zero-order valence-electron chi connectivity index (χ0n) is 21.5. The maximum atomic E-state index is 13.6. The van der Waals surface area contributed by atoms with E-state index in [-0.39, 0.29) is 0 Å². The van der Waals surface area contributed by atoms with E-state index in [0.717, 1.165) is 46.1 Å². The first-order chi connectivity index (χ1) is 17.3. The molecule has 1 aromatic heterocycles. The van der Waals surface area contributed by atoms with Crippen LogP contribution in [0.5, 0.6) is 5.75 Å². The summed E-state index contributed by atoms with van der Waals surface area (Å²) in [5, 5.41) is 12.2. The van der Waals surface area contributed by atoms with E-state index in [1.54, 1.807) is 0 Å². The van der Waals surface area contributed by atoms with E-state index in [9.17, 15) is 9.90 Å². The molecule has 2 atom stereocenters. The number of allylic oxidation sites excluding steroid dienone is 1. The molecule has 5 rings (SSSR count). The lowest BCUT2D eigenvalue weighted by Crippen LogP contribution is -2.30. The number of ether oxygens (including phenoxy) is 1. The molecule has 0 radical (unpaired) electrons. The molecule has 1 N–H and O–H groups in total. The van der Waals surface area contributed by atoms with Crippen LogP contribution in [0.25, 0.3) is 16.5 Å². The van der Waals surface area contributed by atoms with Crippen molar-refractivity contribution in [2.45, 2.75) is 59.7 Å². The van der Waals surface area contributed by atoms with E-state index >= 15 is 0 Å². The third-order valence-corrected chi connectivity index (χ3v) is 7.49. The van der Waals surface area contributed by atoms with Gasteiger partial charge in [0.15, 0.2) is 0 Å². The lowest BCUT2D eigenvalue weighted by Gasteiger charge is -2.33. The average molecular weight is 481 g/mol. The van der Waals surface area contributed by atoms with Crippen LogP contribution in [0.1, 0.15) is 65.6 Å². The maximum absolute atomic E-state index is 13.6. The van der Waals surface area contributed by atoms with Crippen LogP contribution in [-0.2, 0) is 12.8 Å². The van der Waals surface area contributed by atoms with E-state index in [0.29, 0.717) is 22.5 Å². The zero-order valence-corrected chi connectivity index (χ0v) is 21.5. The first kappa shape index (κ1) is 24.1. The number of rotatable bonds is 5. The number of hydrogen-bond donors (Lipinski definition) is 1. The highest BCUT2D eigenvalue weighted by Crippen LogP contribution is 2.45. The third-order valence-electron chi connectivity index (χ3n) is 7.49. The third kappa shape index (κ3) is 4.06. The van der Waals surface area contributed by atoms with E-state index in [2.05, 4.69) is 26.0 Å². The number of fused-ring (bicyclic) bond motifs is 2. The van der Waals surface area contributed by atoms with Gasteiger partial charge in [0.1, 0.15) is 11.3 Å². The Bertz CT molecular complexity index is 1540. The van der Waals surface area contributed by atoms with Gasteiger partial charge in [0, 0.05) is 22.4 Å². The minimum absolute atomic E-state index is 0.393. The van der Waals surface area contributed by atoms with E-state index in [1.165, 1.54) is 11.1 Å². The van der Waals surface area contributed by atoms with Crippen LogP contribution in [0, 0.1) is 13.8 Å². The van der Waals surface area contributed by atoms with E-state index in [1.807, 2.05) is 69.3 Å². The molecule has 0 saturated carbocycles. The van der Waals surface area contributed by atoms with E-state index < -0.39 is 17.8 Å². The van der Waals surface area contributed by atoms with Gasteiger partial charge < -0.3 is 14.3 Å². The molecule has 184 valence electrons. The van der Waals surface area contributed by atoms with Gasteiger partial charge in [-0.1, -0.05) is 55.8 Å². The van der Waals surface area contributed by atoms with Crippen molar-refractivity contribution in [3.63, 3.8) is 0 Å². The van der Waals surface area contributed by atoms with Crippen molar-refractivity contribution >= 4 is 16.5 Å². The van der Waals surface area contributed by atoms with Crippen molar-refractivity contribution in [2.75, 3.05) is 0 Å². The summed E-state index contributed by atoms with van der Waals surface area (Å²) in [6.07, 6.45) is 0.596. The summed E-state index contributed by atoms with van der Waals surface area (Å²) in [5.41, 5.74) is 8.51. The molecule has 2 unspecified atom stereocenters. The Morgan fingerprint density at radius 1 is 0.889 bits per heavy atom. The molecule has 0 amide bonds. The van der Waals surface area contributed by atoms with Gasteiger partial charge in [-0.3, -0.25) is 0 Å². The van der Waals surface area contributed by atoms with Gasteiger partial charge in [-0.2, -0.15) is 0 Å². The first-order valence-corrected chi connectivity index (χ1v) is 12.6. The molecule has 36 heavy (non-hydrogen) atoms. The van der Waals surface area contributed by atoms with Crippen molar-refractivity contribution in [1.82, 2.24) is 0 Å². The van der Waals surface area contributed by atoms with Crippen molar-refractivity contribution in [3.8, 4) is 5.75 Å². The van der Waals surface area contributed by atoms with Crippen LogP contribution in [0.15, 0.2) is 75.4 Å². The highest BCUT2D eigenvalue weighted by molar-refractivity contribution is 5.83. The smallest absolute Gasteiger partial charge is 0.340 e. The van der Waals surface area contributed by atoms with Crippen molar-refractivity contribution in [3.05, 3.63) is 116 Å². The van der Waals surface area contributed by atoms with Crippen LogP contribution >= 0.6 is 0 Å². The molecule has 0 bridgehead atoms. The second-order valence-electron chi connectivity index (χ2n) is 9.69. The lowest BCUT2D eigenvalue weighted by molar-refractivity contribution is 0.00866. The number of aryl methyl sites for hydroxylation is 4. The normalized spacial score (nSPS) is 16.1. The fourth-order valence-corrected chi connectivity index (χ4v) is 5.30. The topological polar surface area (TPSA) is 59.7 Å². The molecule has 3 aromatic carbocycles. The fourth-order valence-electron chi connectivity index (χ4n) is 5.30. The summed E-state index contributed by atoms with van der Waals surface area (Å²) in [7, 11) is 0. The van der Waals surface area contributed by atoms with Gasteiger partial charge in [-0.15, -0.1) is 0 Å². The Kier molecular flexibility index (Phi) is 6.31. The minimum Gasteiger partial charge on any atom is -0.460 e. The van der Waals surface area contributed by atoms with Gasteiger partial charge in [0.05, 0.1) is 5.56 Å². The minimum atomic E-state index is -1.19. The highest BCUT2D eigenvalue weighted by atomic mass is 16.6. The highest BCUT2D eigenvalue weighted by Gasteiger charge is 2.35. The molecular weight excluding hydrogens is 448 g/mol. The molecule has 1 aliphatic heterocycles. The van der Waals surface area contributed by atoms with E-state index in [4.69, 9.17) is 9.15 Å². The molecule has 4 aromatic rings. The Balaban J connectivity index is 1.83. The number of aliphatic hydroxyl groups excluding tert-OH is 1. The zero-order chi connectivity index (χ0) is 25.6. The maximum Gasteiger partial charge on any atom is 0.340 e. The quantitative estimate of drug-likeness (QED) is 0.317. The Morgan fingerprint density at radius 2 is 1.56 bits per heavy atom. The summed E-state index contributed by atoms with van der Waals surface area (Å²) >= 11 is 0. The fraction of sp³-hybridized carbons (Fsp3) is 0.281. The molecule has 0 spiro atoms. The predicted molar refractivity (Wildman–Crippen MR) is 145 cm³/mol. The molecular formula is C32H32O4. The largest absolute Gasteiger partial charge is 0.460 e. The van der Waals surface area contributed by atoms with Gasteiger partial charge in [0.25, 0.3) is 0 Å². The van der Waals surface area contributed by atoms with Gasteiger partial charge in [0.2, 0.25) is 6.29 Å². The molecule has 4 nitrogen and oxygen atoms in total. The monoisotopic (exact) mass is 480 g/mol. The van der Waals surface area contributed by atoms with Gasteiger partial charge >= 0.3 is 5.63 Å².